The van der Waals surface area contributed by atoms with Gasteiger partial charge in [-0.2, -0.15) is 0 Å². The van der Waals surface area contributed by atoms with E-state index in [9.17, 15) is 8.42 Å². The van der Waals surface area contributed by atoms with Gasteiger partial charge in [-0.15, -0.1) is 0 Å². The maximum atomic E-state index is 13.5. The zero-order valence-corrected chi connectivity index (χ0v) is 19.6. The zero-order valence-electron chi connectivity index (χ0n) is 18.1. The van der Waals surface area contributed by atoms with E-state index in [1.54, 1.807) is 12.1 Å². The number of aromatic nitrogens is 2. The molecule has 2 N–H and O–H groups in total. The van der Waals surface area contributed by atoms with Gasteiger partial charge in [0, 0.05) is 16.5 Å². The van der Waals surface area contributed by atoms with Crippen molar-refractivity contribution in [3.05, 3.63) is 96.0 Å². The summed E-state index contributed by atoms with van der Waals surface area (Å²) in [6, 6.07) is 28.2. The molecule has 5 aromatic carbocycles. The van der Waals surface area contributed by atoms with Crippen LogP contribution in [0.5, 0.6) is 0 Å². The van der Waals surface area contributed by atoms with Gasteiger partial charge in [0.05, 0.1) is 16.4 Å². The number of hydrogen-bond acceptors (Lipinski definition) is 6. The summed E-state index contributed by atoms with van der Waals surface area (Å²) >= 11 is 6.55. The molecular weight excluding hydrogens is 484 g/mol. The standard InChI is InChI=1S/C26H17ClN4O3S/c27-20-15-23(28-21-13-5-9-16-7-1-3-11-18(16)21)24-25(30-34-29-24)26(20)35(32,33)31-22-14-6-10-17-8-2-4-12-19(17)22/h1-15,28,31H. The van der Waals surface area contributed by atoms with Crippen LogP contribution in [0.25, 0.3) is 32.6 Å². The highest BCUT2D eigenvalue weighted by Crippen LogP contribution is 2.38. The Bertz CT molecular complexity index is 1840. The van der Waals surface area contributed by atoms with Gasteiger partial charge in [0.1, 0.15) is 4.90 Å². The summed E-state index contributed by atoms with van der Waals surface area (Å²) in [5.41, 5.74) is 2.01. The Morgan fingerprint density at radius 1 is 0.686 bits per heavy atom. The Kier molecular flexibility index (Phi) is 5.05. The van der Waals surface area contributed by atoms with Crippen molar-refractivity contribution in [3.8, 4) is 0 Å². The van der Waals surface area contributed by atoms with Crippen molar-refractivity contribution < 1.29 is 13.0 Å². The first kappa shape index (κ1) is 21.4. The van der Waals surface area contributed by atoms with Crippen molar-refractivity contribution in [1.82, 2.24) is 10.3 Å². The highest BCUT2D eigenvalue weighted by Gasteiger charge is 2.27. The molecule has 0 spiro atoms. The molecule has 7 nitrogen and oxygen atoms in total. The molecule has 0 amide bonds. The van der Waals surface area contributed by atoms with Crippen molar-refractivity contribution in [2.75, 3.05) is 10.0 Å². The Morgan fingerprint density at radius 3 is 1.97 bits per heavy atom. The topological polar surface area (TPSA) is 97.1 Å². The van der Waals surface area contributed by atoms with Crippen molar-refractivity contribution in [2.45, 2.75) is 4.90 Å². The van der Waals surface area contributed by atoms with Gasteiger partial charge in [0.15, 0.2) is 11.0 Å². The fourth-order valence-electron chi connectivity index (χ4n) is 4.23. The number of fused-ring (bicyclic) bond motifs is 3. The molecule has 1 heterocycles. The van der Waals surface area contributed by atoms with E-state index in [4.69, 9.17) is 16.2 Å². The third-order valence-corrected chi connectivity index (χ3v) is 7.66. The van der Waals surface area contributed by atoms with Gasteiger partial charge in [0.2, 0.25) is 0 Å². The highest BCUT2D eigenvalue weighted by molar-refractivity contribution is 7.93. The van der Waals surface area contributed by atoms with Gasteiger partial charge in [-0.3, -0.25) is 4.72 Å². The first-order chi connectivity index (χ1) is 17.0. The average molecular weight is 501 g/mol. The summed E-state index contributed by atoms with van der Waals surface area (Å²) in [7, 11) is -4.13. The second kappa shape index (κ2) is 8.26. The van der Waals surface area contributed by atoms with Gasteiger partial charge >= 0.3 is 0 Å². The summed E-state index contributed by atoms with van der Waals surface area (Å²) in [6.07, 6.45) is 0. The van der Waals surface area contributed by atoms with E-state index in [0.29, 0.717) is 11.4 Å². The first-order valence-corrected chi connectivity index (χ1v) is 12.6. The highest BCUT2D eigenvalue weighted by atomic mass is 35.5. The van der Waals surface area contributed by atoms with Crippen LogP contribution >= 0.6 is 11.6 Å². The fourth-order valence-corrected chi connectivity index (χ4v) is 6.01. The molecule has 0 saturated heterocycles. The maximum absolute atomic E-state index is 13.5. The molecule has 0 bridgehead atoms. The van der Waals surface area contributed by atoms with Crippen LogP contribution in [0.4, 0.5) is 17.1 Å². The molecule has 0 atom stereocenters. The largest absolute Gasteiger partial charge is 0.353 e. The predicted octanol–water partition coefficient (Wildman–Crippen LogP) is 6.73. The number of hydrogen-bond donors (Lipinski definition) is 2. The Balaban J connectivity index is 1.45. The number of sulfonamides is 1. The SMILES string of the molecule is O=S(=O)(Nc1cccc2ccccc12)c1c(Cl)cc(Nc2cccc3ccccc23)c2nonc12. The number of nitrogens with zero attached hydrogens (tertiary/aromatic N) is 2. The first-order valence-electron chi connectivity index (χ1n) is 10.7. The molecule has 0 radical (unpaired) electrons. The average Bonchev–Trinajstić information content (AvgIpc) is 3.34. The second-order valence-electron chi connectivity index (χ2n) is 7.98. The summed E-state index contributed by atoms with van der Waals surface area (Å²) in [6.45, 7) is 0. The number of rotatable bonds is 5. The lowest BCUT2D eigenvalue weighted by Crippen LogP contribution is -2.14. The van der Waals surface area contributed by atoms with Crippen molar-refractivity contribution in [1.29, 1.82) is 0 Å². The minimum Gasteiger partial charge on any atom is -0.353 e. The van der Waals surface area contributed by atoms with Crippen LogP contribution in [-0.4, -0.2) is 18.7 Å². The van der Waals surface area contributed by atoms with Crippen LogP contribution in [0.2, 0.25) is 5.02 Å². The third kappa shape index (κ3) is 3.73. The molecular formula is C26H17ClN4O3S. The van der Waals surface area contributed by atoms with Crippen LogP contribution in [0.3, 0.4) is 0 Å². The molecule has 1 aromatic heterocycles. The van der Waals surface area contributed by atoms with Crippen LogP contribution in [0.1, 0.15) is 0 Å². The molecule has 35 heavy (non-hydrogen) atoms. The van der Waals surface area contributed by atoms with E-state index < -0.39 is 10.0 Å². The quantitative estimate of drug-likeness (QED) is 0.272. The van der Waals surface area contributed by atoms with Crippen LogP contribution in [0, 0.1) is 0 Å². The van der Waals surface area contributed by atoms with Gasteiger partial charge in [-0.05, 0) is 39.3 Å². The minimum absolute atomic E-state index is 0.0105. The van der Waals surface area contributed by atoms with E-state index in [1.165, 1.54) is 6.07 Å². The molecule has 6 rings (SSSR count). The number of halogens is 1. The van der Waals surface area contributed by atoms with E-state index >= 15 is 0 Å². The lowest BCUT2D eigenvalue weighted by Gasteiger charge is -2.14. The van der Waals surface area contributed by atoms with Gasteiger partial charge in [-0.1, -0.05) is 84.4 Å². The minimum atomic E-state index is -4.13. The van der Waals surface area contributed by atoms with Gasteiger partial charge < -0.3 is 5.32 Å². The van der Waals surface area contributed by atoms with Gasteiger partial charge in [-0.25, -0.2) is 13.0 Å². The molecule has 9 heteroatoms. The molecule has 172 valence electrons. The molecule has 0 saturated carbocycles. The molecule has 0 aliphatic heterocycles. The number of anilines is 3. The molecule has 0 fully saturated rings. The van der Waals surface area contributed by atoms with Crippen LogP contribution < -0.4 is 10.0 Å². The fraction of sp³-hybridized carbons (Fsp3) is 0. The Hall–Kier alpha value is -4.14. The van der Waals surface area contributed by atoms with E-state index in [2.05, 4.69) is 20.4 Å². The summed E-state index contributed by atoms with van der Waals surface area (Å²) in [4.78, 5) is -0.202. The maximum Gasteiger partial charge on any atom is 0.265 e. The van der Waals surface area contributed by atoms with Crippen LogP contribution in [-0.2, 0) is 10.0 Å². The van der Waals surface area contributed by atoms with Crippen molar-refractivity contribution in [3.63, 3.8) is 0 Å². The Morgan fingerprint density at radius 2 is 1.26 bits per heavy atom. The predicted molar refractivity (Wildman–Crippen MR) is 139 cm³/mol. The van der Waals surface area contributed by atoms with E-state index in [-0.39, 0.29) is 21.0 Å². The monoisotopic (exact) mass is 500 g/mol. The van der Waals surface area contributed by atoms with E-state index in [0.717, 1.165) is 27.2 Å². The second-order valence-corrected chi connectivity index (χ2v) is 10.0. The van der Waals surface area contributed by atoms with E-state index in [1.807, 2.05) is 72.8 Å². The lowest BCUT2D eigenvalue weighted by atomic mass is 10.1. The number of nitrogens with one attached hydrogen (secondary N) is 2. The molecule has 0 aliphatic rings. The molecule has 0 unspecified atom stereocenters. The normalized spacial score (nSPS) is 11.8. The summed E-state index contributed by atoms with van der Waals surface area (Å²) < 4.78 is 34.6. The summed E-state index contributed by atoms with van der Waals surface area (Å²) in [5.74, 6) is 0. The lowest BCUT2D eigenvalue weighted by molar-refractivity contribution is 0.315. The third-order valence-electron chi connectivity index (χ3n) is 5.81. The van der Waals surface area contributed by atoms with Crippen molar-refractivity contribution >= 4 is 71.3 Å². The Labute approximate surface area is 205 Å². The van der Waals surface area contributed by atoms with Gasteiger partial charge in [0.25, 0.3) is 10.0 Å². The van der Waals surface area contributed by atoms with Crippen molar-refractivity contribution in [2.24, 2.45) is 0 Å². The summed E-state index contributed by atoms with van der Waals surface area (Å²) in [5, 5.41) is 14.9. The molecule has 0 aliphatic carbocycles. The molecule has 6 aromatic rings. The van der Waals surface area contributed by atoms with Crippen LogP contribution in [0.15, 0.2) is 101 Å². The smallest absolute Gasteiger partial charge is 0.265 e. The number of benzene rings is 5. The zero-order chi connectivity index (χ0) is 24.0.